The van der Waals surface area contributed by atoms with Crippen LogP contribution in [-0.4, -0.2) is 35.0 Å². The highest BCUT2D eigenvalue weighted by atomic mass is 16.5. The summed E-state index contributed by atoms with van der Waals surface area (Å²) in [5.41, 5.74) is 0.528. The summed E-state index contributed by atoms with van der Waals surface area (Å²) in [6.45, 7) is 3.50. The number of aromatic nitrogens is 2. The standard InChI is InChI=1S/C21H21N3O5/c1-3-28-17-11-7-5-9-15(17)20(26)22-12-18(25)29-13(2)19-23-16-10-6-4-8-14(16)21(27)24-19/h4-11,13H,3,12H2,1-2H3,(H,22,26)(H,23,24,27)/t13-/m0/s1. The van der Waals surface area contributed by atoms with Gasteiger partial charge in [-0.25, -0.2) is 4.98 Å². The Morgan fingerprint density at radius 2 is 1.86 bits per heavy atom. The summed E-state index contributed by atoms with van der Waals surface area (Å²) >= 11 is 0. The number of fused-ring (bicyclic) bond motifs is 1. The molecule has 0 fully saturated rings. The molecule has 0 unspecified atom stereocenters. The number of carbonyl (C=O) groups excluding carboxylic acids is 2. The van der Waals surface area contributed by atoms with Crippen molar-refractivity contribution in [1.82, 2.24) is 15.3 Å². The molecule has 0 saturated carbocycles. The molecule has 0 aliphatic carbocycles. The zero-order chi connectivity index (χ0) is 20.8. The Balaban J connectivity index is 1.62. The molecule has 2 aromatic carbocycles. The van der Waals surface area contributed by atoms with E-state index in [1.165, 1.54) is 0 Å². The Morgan fingerprint density at radius 1 is 1.14 bits per heavy atom. The quantitative estimate of drug-likeness (QED) is 0.594. The van der Waals surface area contributed by atoms with E-state index >= 15 is 0 Å². The second-order valence-electron chi connectivity index (χ2n) is 6.21. The maximum absolute atomic E-state index is 12.3. The number of ether oxygens (including phenoxy) is 2. The Kier molecular flexibility index (Phi) is 6.23. The molecule has 0 spiro atoms. The van der Waals surface area contributed by atoms with Gasteiger partial charge in [0, 0.05) is 0 Å². The summed E-state index contributed by atoms with van der Waals surface area (Å²) in [5, 5.41) is 2.96. The van der Waals surface area contributed by atoms with Crippen LogP contribution in [-0.2, 0) is 9.53 Å². The zero-order valence-electron chi connectivity index (χ0n) is 16.1. The highest BCUT2D eigenvalue weighted by molar-refractivity contribution is 5.98. The van der Waals surface area contributed by atoms with Crippen molar-refractivity contribution in [2.45, 2.75) is 20.0 Å². The van der Waals surface area contributed by atoms with E-state index in [9.17, 15) is 14.4 Å². The van der Waals surface area contributed by atoms with Gasteiger partial charge in [0.2, 0.25) is 0 Å². The van der Waals surface area contributed by atoms with Gasteiger partial charge in [-0.15, -0.1) is 0 Å². The largest absolute Gasteiger partial charge is 0.493 e. The molecule has 1 amide bonds. The topological polar surface area (TPSA) is 110 Å². The smallest absolute Gasteiger partial charge is 0.326 e. The third kappa shape index (κ3) is 4.78. The molecule has 0 radical (unpaired) electrons. The van der Waals surface area contributed by atoms with Gasteiger partial charge < -0.3 is 19.8 Å². The fourth-order valence-electron chi connectivity index (χ4n) is 2.77. The van der Waals surface area contributed by atoms with Crippen molar-refractivity contribution < 1.29 is 19.1 Å². The van der Waals surface area contributed by atoms with Gasteiger partial charge >= 0.3 is 5.97 Å². The molecule has 8 nitrogen and oxygen atoms in total. The summed E-state index contributed by atoms with van der Waals surface area (Å²) in [6, 6.07) is 13.6. The van der Waals surface area contributed by atoms with Gasteiger partial charge in [0.05, 0.1) is 23.1 Å². The minimum atomic E-state index is -0.785. The van der Waals surface area contributed by atoms with E-state index in [1.807, 2.05) is 6.92 Å². The third-order valence-corrected chi connectivity index (χ3v) is 4.15. The van der Waals surface area contributed by atoms with Gasteiger partial charge in [0.15, 0.2) is 11.9 Å². The van der Waals surface area contributed by atoms with Gasteiger partial charge in [0.1, 0.15) is 12.3 Å². The van der Waals surface area contributed by atoms with E-state index < -0.39 is 18.0 Å². The Hall–Kier alpha value is -3.68. The van der Waals surface area contributed by atoms with E-state index in [2.05, 4.69) is 15.3 Å². The van der Waals surface area contributed by atoms with Crippen LogP contribution in [0.3, 0.4) is 0 Å². The van der Waals surface area contributed by atoms with E-state index in [0.29, 0.717) is 28.8 Å². The number of aromatic amines is 1. The first-order valence-electron chi connectivity index (χ1n) is 9.18. The Morgan fingerprint density at radius 3 is 2.66 bits per heavy atom. The molecule has 3 aromatic rings. The fraction of sp³-hybridized carbons (Fsp3) is 0.238. The second kappa shape index (κ2) is 9.01. The van der Waals surface area contributed by atoms with Crippen LogP contribution in [0.4, 0.5) is 0 Å². The van der Waals surface area contributed by atoms with Crippen LogP contribution in [0.5, 0.6) is 5.75 Å². The van der Waals surface area contributed by atoms with Crippen molar-refractivity contribution in [3.8, 4) is 5.75 Å². The lowest BCUT2D eigenvalue weighted by Gasteiger charge is -2.14. The van der Waals surface area contributed by atoms with Crippen LogP contribution in [0, 0.1) is 0 Å². The number of benzene rings is 2. The van der Waals surface area contributed by atoms with Crippen LogP contribution in [0.15, 0.2) is 53.3 Å². The molecule has 1 heterocycles. The van der Waals surface area contributed by atoms with Crippen LogP contribution >= 0.6 is 0 Å². The van der Waals surface area contributed by atoms with Crippen LogP contribution < -0.4 is 15.6 Å². The highest BCUT2D eigenvalue weighted by Gasteiger charge is 2.17. The minimum Gasteiger partial charge on any atom is -0.493 e. The van der Waals surface area contributed by atoms with Gasteiger partial charge in [-0.1, -0.05) is 24.3 Å². The summed E-state index contributed by atoms with van der Waals surface area (Å²) < 4.78 is 10.7. The molecule has 2 N–H and O–H groups in total. The predicted molar refractivity (Wildman–Crippen MR) is 107 cm³/mol. The summed E-state index contributed by atoms with van der Waals surface area (Å²) in [5.74, 6) is -0.436. The first kappa shape index (κ1) is 20.1. The van der Waals surface area contributed by atoms with E-state index in [4.69, 9.17) is 9.47 Å². The van der Waals surface area contributed by atoms with Gasteiger partial charge in [0.25, 0.3) is 11.5 Å². The van der Waals surface area contributed by atoms with Gasteiger partial charge in [-0.2, -0.15) is 0 Å². The number of nitrogens with one attached hydrogen (secondary N) is 2. The number of hydrogen-bond donors (Lipinski definition) is 2. The number of esters is 1. The third-order valence-electron chi connectivity index (χ3n) is 4.15. The molecule has 1 aromatic heterocycles. The number of hydrogen-bond acceptors (Lipinski definition) is 6. The number of H-pyrrole nitrogens is 1. The maximum atomic E-state index is 12.3. The lowest BCUT2D eigenvalue weighted by molar-refractivity contribution is -0.147. The first-order chi connectivity index (χ1) is 14.0. The highest BCUT2D eigenvalue weighted by Crippen LogP contribution is 2.18. The van der Waals surface area contributed by atoms with E-state index in [1.54, 1.807) is 55.5 Å². The van der Waals surface area contributed by atoms with E-state index in [0.717, 1.165) is 0 Å². The summed E-state index contributed by atoms with van der Waals surface area (Å²) in [7, 11) is 0. The number of rotatable bonds is 7. The van der Waals surface area contributed by atoms with Crippen molar-refractivity contribution in [1.29, 1.82) is 0 Å². The number of nitrogens with zero attached hydrogens (tertiary/aromatic N) is 1. The summed E-state index contributed by atoms with van der Waals surface area (Å²) in [6.07, 6.45) is -0.785. The van der Waals surface area contributed by atoms with Gasteiger partial charge in [-0.05, 0) is 38.1 Å². The lowest BCUT2D eigenvalue weighted by atomic mass is 10.2. The SMILES string of the molecule is CCOc1ccccc1C(=O)NCC(=O)O[C@@H](C)c1nc2ccccc2c(=O)[nH]1. The minimum absolute atomic E-state index is 0.232. The Bertz CT molecular complexity index is 1090. The molecule has 29 heavy (non-hydrogen) atoms. The molecular weight excluding hydrogens is 374 g/mol. The van der Waals surface area contributed by atoms with Crippen LogP contribution in [0.1, 0.15) is 36.1 Å². The maximum Gasteiger partial charge on any atom is 0.326 e. The van der Waals surface area contributed by atoms with E-state index in [-0.39, 0.29) is 17.9 Å². The Labute approximate surface area is 166 Å². The monoisotopic (exact) mass is 395 g/mol. The average molecular weight is 395 g/mol. The summed E-state index contributed by atoms with van der Waals surface area (Å²) in [4.78, 5) is 43.6. The molecule has 8 heteroatoms. The van der Waals surface area contributed by atoms with Crippen LogP contribution in [0.2, 0.25) is 0 Å². The van der Waals surface area contributed by atoms with Crippen molar-refractivity contribution in [3.05, 3.63) is 70.3 Å². The van der Waals surface area contributed by atoms with Crippen molar-refractivity contribution in [2.75, 3.05) is 13.2 Å². The molecule has 0 saturated heterocycles. The predicted octanol–water partition coefficient (Wildman–Crippen LogP) is 2.36. The lowest BCUT2D eigenvalue weighted by Crippen LogP contribution is -2.31. The van der Waals surface area contributed by atoms with Crippen LogP contribution in [0.25, 0.3) is 10.9 Å². The van der Waals surface area contributed by atoms with Crippen molar-refractivity contribution in [3.63, 3.8) is 0 Å². The molecule has 0 bridgehead atoms. The normalized spacial score (nSPS) is 11.7. The van der Waals surface area contributed by atoms with Gasteiger partial charge in [-0.3, -0.25) is 14.4 Å². The number of para-hydroxylation sites is 2. The first-order valence-corrected chi connectivity index (χ1v) is 9.18. The zero-order valence-corrected chi connectivity index (χ0v) is 16.1. The molecule has 150 valence electrons. The molecular formula is C21H21N3O5. The van der Waals surface area contributed by atoms with Crippen molar-refractivity contribution >= 4 is 22.8 Å². The average Bonchev–Trinajstić information content (AvgIpc) is 2.72. The molecule has 0 aliphatic rings. The van der Waals surface area contributed by atoms with Crippen molar-refractivity contribution in [2.24, 2.45) is 0 Å². The second-order valence-corrected chi connectivity index (χ2v) is 6.21. The molecule has 3 rings (SSSR count). The number of amides is 1. The fourth-order valence-corrected chi connectivity index (χ4v) is 2.77. The molecule has 0 aliphatic heterocycles. The molecule has 1 atom stereocenters. The number of carbonyl (C=O) groups is 2.